The van der Waals surface area contributed by atoms with E-state index in [1.54, 1.807) is 0 Å². The van der Waals surface area contributed by atoms with Crippen LogP contribution in [0.25, 0.3) is 21.3 Å². The molecule has 0 aliphatic rings. The van der Waals surface area contributed by atoms with Crippen LogP contribution in [0.1, 0.15) is 0 Å². The number of anilines is 1. The Morgan fingerprint density at radius 1 is 1.20 bits per heavy atom. The Morgan fingerprint density at radius 2 is 1.97 bits per heavy atom. The van der Waals surface area contributed by atoms with E-state index in [0.29, 0.717) is 16.3 Å². The van der Waals surface area contributed by atoms with Crippen LogP contribution in [0.15, 0.2) is 63.9 Å². The molecule has 0 unspecified atom stereocenters. The molecule has 2 aromatic heterocycles. The number of nitrogens with zero attached hydrogens (tertiary/aromatic N) is 2. The molecule has 0 aliphatic carbocycles. The van der Waals surface area contributed by atoms with E-state index < -0.39 is 23.1 Å². The van der Waals surface area contributed by atoms with Crippen molar-refractivity contribution in [1.82, 2.24) is 9.66 Å². The molecule has 2 heterocycles. The fourth-order valence-electron chi connectivity index (χ4n) is 2.82. The van der Waals surface area contributed by atoms with Crippen molar-refractivity contribution in [3.05, 3.63) is 75.9 Å². The number of rotatable bonds is 5. The molecule has 0 spiro atoms. The number of nitrogen functional groups attached to an aromatic ring is 1. The number of halogens is 2. The molecule has 3 N–H and O–H groups in total. The summed E-state index contributed by atoms with van der Waals surface area (Å²) in [5.74, 6) is 3.60. The maximum atomic E-state index is 13.7. The smallest absolute Gasteiger partial charge is 0.282 e. The standard InChI is InChI=1S/C20H14F2N4O2S2/c21-12-6-7-15(14(22)8-12)24-16(27)10-30-20-25-18-17(19(28)26(20)23)13(9-29-18)11-4-2-1-3-5-11/h1-9H,10,23H2,(H,24,27). The molecule has 4 aromatic rings. The predicted octanol–water partition coefficient (Wildman–Crippen LogP) is 3.85. The van der Waals surface area contributed by atoms with E-state index in [1.807, 2.05) is 35.7 Å². The summed E-state index contributed by atoms with van der Waals surface area (Å²) in [6.45, 7) is 0. The first-order chi connectivity index (χ1) is 14.4. The van der Waals surface area contributed by atoms with Crippen LogP contribution >= 0.6 is 23.1 Å². The second-order valence-electron chi connectivity index (χ2n) is 6.23. The average Bonchev–Trinajstić information content (AvgIpc) is 3.16. The Hall–Kier alpha value is -3.24. The van der Waals surface area contributed by atoms with Crippen LogP contribution in [0.2, 0.25) is 0 Å². The summed E-state index contributed by atoms with van der Waals surface area (Å²) in [4.78, 5) is 29.9. The van der Waals surface area contributed by atoms with Crippen molar-refractivity contribution in [2.75, 3.05) is 16.9 Å². The summed E-state index contributed by atoms with van der Waals surface area (Å²) >= 11 is 2.25. The Kier molecular flexibility index (Phi) is 5.51. The predicted molar refractivity (Wildman–Crippen MR) is 115 cm³/mol. The Morgan fingerprint density at radius 3 is 2.70 bits per heavy atom. The van der Waals surface area contributed by atoms with Gasteiger partial charge in [0.15, 0.2) is 5.16 Å². The number of benzene rings is 2. The number of carbonyl (C=O) groups is 1. The molecular weight excluding hydrogens is 430 g/mol. The molecule has 30 heavy (non-hydrogen) atoms. The summed E-state index contributed by atoms with van der Waals surface area (Å²) in [6.07, 6.45) is 0. The van der Waals surface area contributed by atoms with Gasteiger partial charge >= 0.3 is 0 Å². The number of hydrogen-bond acceptors (Lipinski definition) is 6. The molecule has 1 amide bonds. The first-order valence-electron chi connectivity index (χ1n) is 8.66. The number of fused-ring (bicyclic) bond motifs is 1. The molecule has 10 heteroatoms. The first-order valence-corrected chi connectivity index (χ1v) is 10.5. The molecule has 0 fully saturated rings. The van der Waals surface area contributed by atoms with Crippen molar-refractivity contribution in [3.63, 3.8) is 0 Å². The Bertz CT molecular complexity index is 1310. The van der Waals surface area contributed by atoms with E-state index in [2.05, 4.69) is 10.3 Å². The van der Waals surface area contributed by atoms with E-state index in [9.17, 15) is 18.4 Å². The number of thiophene rings is 1. The first kappa shape index (κ1) is 20.0. The van der Waals surface area contributed by atoms with Crippen LogP contribution < -0.4 is 16.7 Å². The van der Waals surface area contributed by atoms with Crippen molar-refractivity contribution in [2.24, 2.45) is 0 Å². The number of carbonyl (C=O) groups excluding carboxylic acids is 1. The highest BCUT2D eigenvalue weighted by atomic mass is 32.2. The van der Waals surface area contributed by atoms with Crippen LogP contribution in [0.5, 0.6) is 0 Å². The summed E-state index contributed by atoms with van der Waals surface area (Å²) in [6, 6.07) is 12.3. The lowest BCUT2D eigenvalue weighted by Crippen LogP contribution is -2.30. The van der Waals surface area contributed by atoms with Crippen LogP contribution in [0, 0.1) is 11.6 Å². The largest absolute Gasteiger partial charge is 0.334 e. The molecule has 0 saturated heterocycles. The Balaban J connectivity index is 1.56. The molecule has 2 aromatic carbocycles. The molecule has 0 atom stereocenters. The van der Waals surface area contributed by atoms with Crippen molar-refractivity contribution in [2.45, 2.75) is 5.16 Å². The van der Waals surface area contributed by atoms with Gasteiger partial charge in [-0.25, -0.2) is 18.4 Å². The van der Waals surface area contributed by atoms with E-state index in [0.717, 1.165) is 39.7 Å². The third-order valence-corrected chi connectivity index (χ3v) is 6.05. The van der Waals surface area contributed by atoms with Gasteiger partial charge in [0, 0.05) is 17.0 Å². The van der Waals surface area contributed by atoms with Crippen LogP contribution in [0.3, 0.4) is 0 Å². The number of hydrogen-bond donors (Lipinski definition) is 2. The van der Waals surface area contributed by atoms with Gasteiger partial charge in [0.25, 0.3) is 5.56 Å². The fraction of sp³-hybridized carbons (Fsp3) is 0.0500. The third kappa shape index (κ3) is 3.91. The molecule has 152 valence electrons. The summed E-state index contributed by atoms with van der Waals surface area (Å²) in [5.41, 5.74) is 1.06. The van der Waals surface area contributed by atoms with Crippen molar-refractivity contribution >= 4 is 44.9 Å². The van der Waals surface area contributed by atoms with Crippen LogP contribution in [-0.2, 0) is 4.79 Å². The molecule has 0 bridgehead atoms. The molecule has 0 saturated carbocycles. The number of thioether (sulfide) groups is 1. The number of aromatic nitrogens is 2. The minimum atomic E-state index is -0.879. The van der Waals surface area contributed by atoms with E-state index >= 15 is 0 Å². The lowest BCUT2D eigenvalue weighted by Gasteiger charge is -2.09. The topological polar surface area (TPSA) is 90.0 Å². The van der Waals surface area contributed by atoms with Gasteiger partial charge in [0.05, 0.1) is 16.8 Å². The lowest BCUT2D eigenvalue weighted by molar-refractivity contribution is -0.113. The van der Waals surface area contributed by atoms with Crippen LogP contribution in [0.4, 0.5) is 14.5 Å². The number of amides is 1. The van der Waals surface area contributed by atoms with Gasteiger partial charge in [-0.3, -0.25) is 9.59 Å². The summed E-state index contributed by atoms with van der Waals surface area (Å²) in [5, 5.41) is 4.76. The second-order valence-corrected chi connectivity index (χ2v) is 8.03. The normalized spacial score (nSPS) is 11.0. The molecule has 0 aliphatic heterocycles. The zero-order valence-electron chi connectivity index (χ0n) is 15.3. The molecule has 4 rings (SSSR count). The maximum absolute atomic E-state index is 13.7. The molecule has 6 nitrogen and oxygen atoms in total. The zero-order valence-corrected chi connectivity index (χ0v) is 16.9. The summed E-state index contributed by atoms with van der Waals surface area (Å²) in [7, 11) is 0. The SMILES string of the molecule is Nn1c(SCC(=O)Nc2ccc(F)cc2F)nc2scc(-c3ccccc3)c2c1=O. The van der Waals surface area contributed by atoms with Crippen molar-refractivity contribution in [3.8, 4) is 11.1 Å². The highest BCUT2D eigenvalue weighted by Crippen LogP contribution is 2.31. The number of nitrogens with two attached hydrogens (primary N) is 1. The van der Waals surface area contributed by atoms with Crippen molar-refractivity contribution in [1.29, 1.82) is 0 Å². The van der Waals surface area contributed by atoms with Gasteiger partial charge in [-0.1, -0.05) is 42.1 Å². The van der Waals surface area contributed by atoms with Gasteiger partial charge in [0.2, 0.25) is 5.91 Å². The quantitative estimate of drug-likeness (QED) is 0.277. The van der Waals surface area contributed by atoms with Crippen molar-refractivity contribution < 1.29 is 13.6 Å². The molecular formula is C20H14F2N4O2S2. The van der Waals surface area contributed by atoms with Gasteiger partial charge in [-0.05, 0) is 17.7 Å². The van der Waals surface area contributed by atoms with E-state index in [4.69, 9.17) is 5.84 Å². The third-order valence-electron chi connectivity index (χ3n) is 4.23. The van der Waals surface area contributed by atoms with Gasteiger partial charge < -0.3 is 11.2 Å². The monoisotopic (exact) mass is 444 g/mol. The fourth-order valence-corrected chi connectivity index (χ4v) is 4.53. The lowest BCUT2D eigenvalue weighted by atomic mass is 10.1. The average molecular weight is 444 g/mol. The van der Waals surface area contributed by atoms with Gasteiger partial charge in [-0.15, -0.1) is 11.3 Å². The van der Waals surface area contributed by atoms with E-state index in [1.165, 1.54) is 11.3 Å². The van der Waals surface area contributed by atoms with Gasteiger partial charge in [-0.2, -0.15) is 0 Å². The zero-order chi connectivity index (χ0) is 21.3. The molecule has 0 radical (unpaired) electrons. The minimum absolute atomic E-state index is 0.138. The Labute approximate surface area is 177 Å². The van der Waals surface area contributed by atoms with Crippen LogP contribution in [-0.4, -0.2) is 21.3 Å². The van der Waals surface area contributed by atoms with Gasteiger partial charge in [0.1, 0.15) is 16.5 Å². The minimum Gasteiger partial charge on any atom is -0.334 e. The number of nitrogens with one attached hydrogen (secondary N) is 1. The maximum Gasteiger partial charge on any atom is 0.282 e. The summed E-state index contributed by atoms with van der Waals surface area (Å²) < 4.78 is 27.5. The van der Waals surface area contributed by atoms with E-state index in [-0.39, 0.29) is 16.6 Å². The second kappa shape index (κ2) is 8.25. The highest BCUT2D eigenvalue weighted by molar-refractivity contribution is 7.99. The highest BCUT2D eigenvalue weighted by Gasteiger charge is 2.17.